The van der Waals surface area contributed by atoms with E-state index < -0.39 is 5.97 Å². The number of carboxylic acid groups (broad SMARTS) is 1. The predicted molar refractivity (Wildman–Crippen MR) is 65.2 cm³/mol. The molecule has 0 heterocycles. The number of carbonyl (C=O) groups is 2. The molecular weight excluding hydrogens is 226 g/mol. The van der Waals surface area contributed by atoms with Gasteiger partial charge in [-0.2, -0.15) is 11.8 Å². The minimum absolute atomic E-state index is 0.0846. The zero-order valence-corrected chi connectivity index (χ0v) is 9.93. The van der Waals surface area contributed by atoms with Gasteiger partial charge in [0.2, 0.25) is 5.91 Å². The van der Waals surface area contributed by atoms with E-state index in [-0.39, 0.29) is 11.5 Å². The van der Waals surface area contributed by atoms with E-state index in [0.717, 1.165) is 5.56 Å². The fraction of sp³-hybridized carbons (Fsp3) is 0.273. The average molecular weight is 239 g/mol. The maximum Gasteiger partial charge on any atom is 0.335 e. The first-order valence-corrected chi connectivity index (χ1v) is 6.06. The zero-order valence-electron chi connectivity index (χ0n) is 9.11. The Morgan fingerprint density at radius 3 is 2.62 bits per heavy atom. The molecule has 1 amide bonds. The molecule has 1 aromatic rings. The van der Waals surface area contributed by atoms with Gasteiger partial charge in [-0.15, -0.1) is 0 Å². The SMILES string of the molecule is CSCC(=O)Nc1ccc(C(=O)O)cc1C. The minimum Gasteiger partial charge on any atom is -0.478 e. The molecule has 0 aliphatic carbocycles. The Morgan fingerprint density at radius 1 is 1.44 bits per heavy atom. The van der Waals surface area contributed by atoms with Crippen LogP contribution in [0.2, 0.25) is 0 Å². The van der Waals surface area contributed by atoms with Gasteiger partial charge in [0.15, 0.2) is 0 Å². The molecule has 0 saturated heterocycles. The lowest BCUT2D eigenvalue weighted by atomic mass is 10.1. The molecule has 0 spiro atoms. The molecule has 16 heavy (non-hydrogen) atoms. The predicted octanol–water partition coefficient (Wildman–Crippen LogP) is 1.99. The van der Waals surface area contributed by atoms with E-state index in [0.29, 0.717) is 11.4 Å². The van der Waals surface area contributed by atoms with Crippen LogP contribution in [0, 0.1) is 6.92 Å². The summed E-state index contributed by atoms with van der Waals surface area (Å²) in [4.78, 5) is 22.0. The molecular formula is C11H13NO3S. The summed E-state index contributed by atoms with van der Waals surface area (Å²) < 4.78 is 0. The number of amides is 1. The number of carbonyl (C=O) groups excluding carboxylic acids is 1. The van der Waals surface area contributed by atoms with Gasteiger partial charge in [-0.05, 0) is 36.9 Å². The van der Waals surface area contributed by atoms with Crippen LogP contribution in [0.4, 0.5) is 5.69 Å². The molecule has 0 aliphatic rings. The van der Waals surface area contributed by atoms with Crippen LogP contribution in [0.1, 0.15) is 15.9 Å². The largest absolute Gasteiger partial charge is 0.478 e. The van der Waals surface area contributed by atoms with Crippen molar-refractivity contribution in [2.24, 2.45) is 0 Å². The number of hydrogen-bond donors (Lipinski definition) is 2. The number of anilines is 1. The average Bonchev–Trinajstić information content (AvgIpc) is 2.21. The summed E-state index contributed by atoms with van der Waals surface area (Å²) in [5.41, 5.74) is 1.62. The van der Waals surface area contributed by atoms with Crippen molar-refractivity contribution in [3.8, 4) is 0 Å². The molecule has 1 aromatic carbocycles. The van der Waals surface area contributed by atoms with Crippen molar-refractivity contribution < 1.29 is 14.7 Å². The Hall–Kier alpha value is -1.49. The molecule has 0 aliphatic heterocycles. The molecule has 0 unspecified atom stereocenters. The highest BCUT2D eigenvalue weighted by atomic mass is 32.2. The van der Waals surface area contributed by atoms with Gasteiger partial charge in [0.1, 0.15) is 0 Å². The van der Waals surface area contributed by atoms with E-state index >= 15 is 0 Å². The number of carboxylic acids is 1. The third kappa shape index (κ3) is 3.27. The number of nitrogens with one attached hydrogen (secondary N) is 1. The molecule has 86 valence electrons. The van der Waals surface area contributed by atoms with E-state index in [4.69, 9.17) is 5.11 Å². The molecule has 0 aromatic heterocycles. The van der Waals surface area contributed by atoms with Gasteiger partial charge in [0.25, 0.3) is 0 Å². The number of benzene rings is 1. The van der Waals surface area contributed by atoms with E-state index in [2.05, 4.69) is 5.32 Å². The van der Waals surface area contributed by atoms with Gasteiger partial charge in [-0.3, -0.25) is 4.79 Å². The summed E-state index contributed by atoms with van der Waals surface area (Å²) in [6.07, 6.45) is 1.85. The van der Waals surface area contributed by atoms with Crippen LogP contribution in [-0.2, 0) is 4.79 Å². The van der Waals surface area contributed by atoms with E-state index in [9.17, 15) is 9.59 Å². The third-order valence-corrected chi connectivity index (χ3v) is 2.57. The van der Waals surface area contributed by atoms with Crippen molar-refractivity contribution in [2.75, 3.05) is 17.3 Å². The van der Waals surface area contributed by atoms with Crippen molar-refractivity contribution in [1.29, 1.82) is 0 Å². The van der Waals surface area contributed by atoms with Crippen molar-refractivity contribution in [2.45, 2.75) is 6.92 Å². The molecule has 0 atom stereocenters. The Balaban J connectivity index is 2.83. The van der Waals surface area contributed by atoms with Crippen LogP contribution >= 0.6 is 11.8 Å². The zero-order chi connectivity index (χ0) is 12.1. The fourth-order valence-corrected chi connectivity index (χ4v) is 1.59. The first-order chi connectivity index (χ1) is 7.54. The highest BCUT2D eigenvalue weighted by Crippen LogP contribution is 2.16. The molecule has 0 radical (unpaired) electrons. The molecule has 4 nitrogen and oxygen atoms in total. The Morgan fingerprint density at radius 2 is 2.12 bits per heavy atom. The molecule has 0 saturated carbocycles. The third-order valence-electron chi connectivity index (χ3n) is 2.02. The van der Waals surface area contributed by atoms with Gasteiger partial charge in [-0.25, -0.2) is 4.79 Å². The lowest BCUT2D eigenvalue weighted by Crippen LogP contribution is -2.14. The van der Waals surface area contributed by atoms with Gasteiger partial charge in [-0.1, -0.05) is 0 Å². The number of aryl methyl sites for hydroxylation is 1. The standard InChI is InChI=1S/C11H13NO3S/c1-7-5-8(11(14)15)3-4-9(7)12-10(13)6-16-2/h3-5H,6H2,1-2H3,(H,12,13)(H,14,15). The van der Waals surface area contributed by atoms with Crippen LogP contribution < -0.4 is 5.32 Å². The first-order valence-electron chi connectivity index (χ1n) is 4.67. The number of thioether (sulfide) groups is 1. The molecule has 5 heteroatoms. The summed E-state index contributed by atoms with van der Waals surface area (Å²) in [5, 5.41) is 11.5. The minimum atomic E-state index is -0.968. The number of rotatable bonds is 4. The highest BCUT2D eigenvalue weighted by Gasteiger charge is 2.07. The number of hydrogen-bond acceptors (Lipinski definition) is 3. The second kappa shape index (κ2) is 5.55. The van der Waals surface area contributed by atoms with Gasteiger partial charge in [0, 0.05) is 5.69 Å². The van der Waals surface area contributed by atoms with Crippen molar-refractivity contribution in [3.63, 3.8) is 0 Å². The summed E-state index contributed by atoms with van der Waals surface area (Å²) in [5.74, 6) is -0.663. The van der Waals surface area contributed by atoms with E-state index in [1.54, 1.807) is 13.0 Å². The summed E-state index contributed by atoms with van der Waals surface area (Å²) in [6, 6.07) is 4.62. The molecule has 0 fully saturated rings. The maximum atomic E-state index is 11.3. The maximum absolute atomic E-state index is 11.3. The monoisotopic (exact) mass is 239 g/mol. The Kier molecular flexibility index (Phi) is 4.37. The summed E-state index contributed by atoms with van der Waals surface area (Å²) in [6.45, 7) is 1.77. The Labute approximate surface area is 98.0 Å². The van der Waals surface area contributed by atoms with Gasteiger partial charge >= 0.3 is 5.97 Å². The quantitative estimate of drug-likeness (QED) is 0.843. The van der Waals surface area contributed by atoms with E-state index in [1.165, 1.54) is 23.9 Å². The second-order valence-electron chi connectivity index (χ2n) is 3.32. The topological polar surface area (TPSA) is 66.4 Å². The first kappa shape index (κ1) is 12.6. The lowest BCUT2D eigenvalue weighted by Gasteiger charge is -2.08. The second-order valence-corrected chi connectivity index (χ2v) is 4.18. The van der Waals surface area contributed by atoms with Gasteiger partial charge < -0.3 is 10.4 Å². The molecule has 2 N–H and O–H groups in total. The van der Waals surface area contributed by atoms with Gasteiger partial charge in [0.05, 0.1) is 11.3 Å². The van der Waals surface area contributed by atoms with Crippen LogP contribution in [0.25, 0.3) is 0 Å². The molecule has 0 bridgehead atoms. The van der Waals surface area contributed by atoms with Crippen LogP contribution in [0.3, 0.4) is 0 Å². The van der Waals surface area contributed by atoms with Crippen LogP contribution in [-0.4, -0.2) is 29.0 Å². The summed E-state index contributed by atoms with van der Waals surface area (Å²) >= 11 is 1.44. The van der Waals surface area contributed by atoms with E-state index in [1.807, 2.05) is 6.26 Å². The number of aromatic carboxylic acids is 1. The normalized spacial score (nSPS) is 9.88. The van der Waals surface area contributed by atoms with Crippen molar-refractivity contribution in [3.05, 3.63) is 29.3 Å². The smallest absolute Gasteiger partial charge is 0.335 e. The van der Waals surface area contributed by atoms with Crippen molar-refractivity contribution in [1.82, 2.24) is 0 Å². The van der Waals surface area contributed by atoms with Crippen LogP contribution in [0.5, 0.6) is 0 Å². The Bertz CT molecular complexity index is 418. The lowest BCUT2D eigenvalue weighted by molar-refractivity contribution is -0.113. The highest BCUT2D eigenvalue weighted by molar-refractivity contribution is 7.99. The fourth-order valence-electron chi connectivity index (χ4n) is 1.25. The van der Waals surface area contributed by atoms with Crippen LogP contribution in [0.15, 0.2) is 18.2 Å². The van der Waals surface area contributed by atoms with Crippen molar-refractivity contribution >= 4 is 29.3 Å². The molecule has 1 rings (SSSR count). The summed E-state index contributed by atoms with van der Waals surface area (Å²) in [7, 11) is 0.